The third-order valence-electron chi connectivity index (χ3n) is 3.37. The van der Waals surface area contributed by atoms with Crippen LogP contribution < -0.4 is 10.1 Å². The topological polar surface area (TPSA) is 64.6 Å². The van der Waals surface area contributed by atoms with Gasteiger partial charge in [-0.1, -0.05) is 17.7 Å². The third-order valence-corrected chi connectivity index (χ3v) is 3.37. The van der Waals surface area contributed by atoms with Gasteiger partial charge in [-0.15, -0.1) is 0 Å². The van der Waals surface area contributed by atoms with Gasteiger partial charge in [0.2, 0.25) is 0 Å². The van der Waals surface area contributed by atoms with E-state index in [9.17, 15) is 9.59 Å². The minimum atomic E-state index is -0.898. The summed E-state index contributed by atoms with van der Waals surface area (Å²) in [6.45, 7) is 5.94. The molecule has 2 rings (SSSR count). The molecule has 0 fully saturated rings. The van der Waals surface area contributed by atoms with E-state index in [1.165, 1.54) is 6.92 Å². The number of esters is 1. The number of carbonyl (C=O) groups excluding carboxylic acids is 2. The van der Waals surface area contributed by atoms with Gasteiger partial charge in [0, 0.05) is 5.69 Å². The van der Waals surface area contributed by atoms with Crippen LogP contribution in [0.4, 0.5) is 5.69 Å². The maximum Gasteiger partial charge on any atom is 0.338 e. The molecular formula is C19H21NO4. The lowest BCUT2D eigenvalue weighted by Gasteiger charge is -2.14. The van der Waals surface area contributed by atoms with Crippen molar-refractivity contribution in [3.63, 3.8) is 0 Å². The molecule has 0 radical (unpaired) electrons. The van der Waals surface area contributed by atoms with Crippen molar-refractivity contribution < 1.29 is 19.1 Å². The summed E-state index contributed by atoms with van der Waals surface area (Å²) in [6.07, 6.45) is -0.898. The number of aryl methyl sites for hydroxylation is 1. The van der Waals surface area contributed by atoms with Gasteiger partial charge in [0.05, 0.1) is 12.2 Å². The molecular weight excluding hydrogens is 306 g/mol. The van der Waals surface area contributed by atoms with Crippen molar-refractivity contribution in [3.05, 3.63) is 59.7 Å². The monoisotopic (exact) mass is 327 g/mol. The van der Waals surface area contributed by atoms with Crippen molar-refractivity contribution >= 4 is 17.6 Å². The van der Waals surface area contributed by atoms with Crippen molar-refractivity contribution in [1.82, 2.24) is 0 Å². The zero-order valence-corrected chi connectivity index (χ0v) is 14.0. The zero-order valence-electron chi connectivity index (χ0n) is 14.0. The molecule has 126 valence electrons. The highest BCUT2D eigenvalue weighted by molar-refractivity contribution is 5.97. The van der Waals surface area contributed by atoms with Crippen LogP contribution in [0.5, 0.6) is 5.75 Å². The van der Waals surface area contributed by atoms with E-state index < -0.39 is 12.1 Å². The van der Waals surface area contributed by atoms with Crippen molar-refractivity contribution in [1.29, 1.82) is 0 Å². The second kappa shape index (κ2) is 8.15. The minimum Gasteiger partial charge on any atom is -0.494 e. The number of rotatable bonds is 6. The van der Waals surface area contributed by atoms with Crippen LogP contribution in [0.2, 0.25) is 0 Å². The van der Waals surface area contributed by atoms with E-state index in [1.54, 1.807) is 36.4 Å². The fraction of sp³-hybridized carbons (Fsp3) is 0.263. The summed E-state index contributed by atoms with van der Waals surface area (Å²) in [6, 6.07) is 14.0. The molecule has 0 unspecified atom stereocenters. The molecule has 24 heavy (non-hydrogen) atoms. The molecule has 0 aliphatic rings. The average molecular weight is 327 g/mol. The van der Waals surface area contributed by atoms with Crippen LogP contribution in [0.1, 0.15) is 29.8 Å². The van der Waals surface area contributed by atoms with Crippen LogP contribution >= 0.6 is 0 Å². The number of hydrogen-bond acceptors (Lipinski definition) is 4. The fourth-order valence-electron chi connectivity index (χ4n) is 2.02. The van der Waals surface area contributed by atoms with Gasteiger partial charge in [-0.2, -0.15) is 0 Å². The Morgan fingerprint density at radius 2 is 1.67 bits per heavy atom. The van der Waals surface area contributed by atoms with Crippen LogP contribution in [-0.4, -0.2) is 24.6 Å². The first-order chi connectivity index (χ1) is 11.5. The van der Waals surface area contributed by atoms with Crippen LogP contribution in [0.3, 0.4) is 0 Å². The van der Waals surface area contributed by atoms with Gasteiger partial charge in [-0.25, -0.2) is 4.79 Å². The molecule has 5 nitrogen and oxygen atoms in total. The summed E-state index contributed by atoms with van der Waals surface area (Å²) in [5.41, 5.74) is 2.13. The Morgan fingerprint density at radius 1 is 1.04 bits per heavy atom. The zero-order chi connectivity index (χ0) is 17.5. The molecule has 0 bridgehead atoms. The standard InChI is InChI=1S/C19H21NO4/c1-4-23-17-11-7-15(8-12-17)19(22)24-14(3)18(21)20-16-9-5-13(2)6-10-16/h5-12,14H,4H2,1-3H3,(H,20,21)/t14-/m1/s1. The summed E-state index contributed by atoms with van der Waals surface area (Å²) < 4.78 is 10.5. The molecule has 0 aliphatic carbocycles. The van der Waals surface area contributed by atoms with E-state index in [-0.39, 0.29) is 5.91 Å². The maximum absolute atomic E-state index is 12.1. The molecule has 0 aliphatic heterocycles. The number of nitrogens with one attached hydrogen (secondary N) is 1. The molecule has 0 saturated carbocycles. The average Bonchev–Trinajstić information content (AvgIpc) is 2.57. The smallest absolute Gasteiger partial charge is 0.338 e. The maximum atomic E-state index is 12.1. The number of benzene rings is 2. The van der Waals surface area contributed by atoms with Gasteiger partial charge in [0.15, 0.2) is 6.10 Å². The summed E-state index contributed by atoms with van der Waals surface area (Å²) in [5.74, 6) is -0.248. The Bertz CT molecular complexity index is 692. The highest BCUT2D eigenvalue weighted by Gasteiger charge is 2.19. The van der Waals surface area contributed by atoms with E-state index in [0.717, 1.165) is 5.56 Å². The predicted octanol–water partition coefficient (Wildman–Crippen LogP) is 3.58. The molecule has 5 heteroatoms. The fourth-order valence-corrected chi connectivity index (χ4v) is 2.02. The van der Waals surface area contributed by atoms with Crippen molar-refractivity contribution in [3.8, 4) is 5.75 Å². The van der Waals surface area contributed by atoms with Crippen molar-refractivity contribution in [2.75, 3.05) is 11.9 Å². The van der Waals surface area contributed by atoms with Gasteiger partial charge in [-0.3, -0.25) is 4.79 Å². The van der Waals surface area contributed by atoms with Gasteiger partial charge in [0.25, 0.3) is 5.91 Å². The number of hydrogen-bond donors (Lipinski definition) is 1. The van der Waals surface area contributed by atoms with E-state index in [0.29, 0.717) is 23.6 Å². The van der Waals surface area contributed by atoms with E-state index in [1.807, 2.05) is 26.0 Å². The molecule has 0 saturated heterocycles. The first-order valence-electron chi connectivity index (χ1n) is 7.81. The largest absolute Gasteiger partial charge is 0.494 e. The van der Waals surface area contributed by atoms with Gasteiger partial charge in [-0.05, 0) is 57.2 Å². The molecule has 2 aromatic carbocycles. The lowest BCUT2D eigenvalue weighted by molar-refractivity contribution is -0.123. The second-order valence-corrected chi connectivity index (χ2v) is 5.36. The minimum absolute atomic E-state index is 0.369. The molecule has 2 aromatic rings. The Hall–Kier alpha value is -2.82. The number of carbonyl (C=O) groups is 2. The summed E-state index contributed by atoms with van der Waals surface area (Å²) in [4.78, 5) is 24.2. The van der Waals surface area contributed by atoms with Crippen LogP contribution in [0, 0.1) is 6.92 Å². The first-order valence-corrected chi connectivity index (χ1v) is 7.81. The van der Waals surface area contributed by atoms with E-state index in [4.69, 9.17) is 9.47 Å². The first kappa shape index (κ1) is 17.5. The Kier molecular flexibility index (Phi) is 5.95. The van der Waals surface area contributed by atoms with Gasteiger partial charge in [0.1, 0.15) is 5.75 Å². The van der Waals surface area contributed by atoms with E-state index >= 15 is 0 Å². The second-order valence-electron chi connectivity index (χ2n) is 5.36. The van der Waals surface area contributed by atoms with Crippen molar-refractivity contribution in [2.24, 2.45) is 0 Å². The van der Waals surface area contributed by atoms with E-state index in [2.05, 4.69) is 5.32 Å². The Balaban J connectivity index is 1.92. The summed E-state index contributed by atoms with van der Waals surface area (Å²) >= 11 is 0. The van der Waals surface area contributed by atoms with Crippen LogP contribution in [0.15, 0.2) is 48.5 Å². The quantitative estimate of drug-likeness (QED) is 0.824. The summed E-state index contributed by atoms with van der Waals surface area (Å²) in [7, 11) is 0. The highest BCUT2D eigenvalue weighted by atomic mass is 16.5. The normalized spacial score (nSPS) is 11.5. The molecule has 0 heterocycles. The van der Waals surface area contributed by atoms with Gasteiger partial charge >= 0.3 is 5.97 Å². The highest BCUT2D eigenvalue weighted by Crippen LogP contribution is 2.14. The number of amides is 1. The van der Waals surface area contributed by atoms with Crippen molar-refractivity contribution in [2.45, 2.75) is 26.9 Å². The predicted molar refractivity (Wildman–Crippen MR) is 92.3 cm³/mol. The molecule has 1 atom stereocenters. The summed E-state index contributed by atoms with van der Waals surface area (Å²) in [5, 5.41) is 2.72. The number of ether oxygens (including phenoxy) is 2. The molecule has 1 amide bonds. The van der Waals surface area contributed by atoms with Crippen LogP contribution in [-0.2, 0) is 9.53 Å². The lowest BCUT2D eigenvalue weighted by Crippen LogP contribution is -2.30. The molecule has 0 aromatic heterocycles. The third kappa shape index (κ3) is 4.84. The molecule has 0 spiro atoms. The Morgan fingerprint density at radius 3 is 2.25 bits per heavy atom. The van der Waals surface area contributed by atoms with Gasteiger partial charge < -0.3 is 14.8 Å². The SMILES string of the molecule is CCOc1ccc(C(=O)O[C@H](C)C(=O)Nc2ccc(C)cc2)cc1. The Labute approximate surface area is 141 Å². The lowest BCUT2D eigenvalue weighted by atomic mass is 10.2. The number of anilines is 1. The van der Waals surface area contributed by atoms with Crippen LogP contribution in [0.25, 0.3) is 0 Å². The molecule has 1 N–H and O–H groups in total.